The van der Waals surface area contributed by atoms with Gasteiger partial charge in [0.05, 0.1) is 12.3 Å². The van der Waals surface area contributed by atoms with Crippen LogP contribution >= 0.6 is 0 Å². The van der Waals surface area contributed by atoms with Crippen molar-refractivity contribution >= 4 is 0 Å². The van der Waals surface area contributed by atoms with E-state index in [1.807, 2.05) is 6.20 Å². The molecule has 4 rings (SSSR count). The molecule has 1 saturated heterocycles. The molecule has 0 aromatic carbocycles. The van der Waals surface area contributed by atoms with Gasteiger partial charge in [-0.1, -0.05) is 13.8 Å². The Morgan fingerprint density at radius 3 is 2.90 bits per heavy atom. The summed E-state index contributed by atoms with van der Waals surface area (Å²) in [6, 6.07) is 0. The maximum Gasteiger partial charge on any atom is 0.131 e. The van der Waals surface area contributed by atoms with Gasteiger partial charge in [0.2, 0.25) is 0 Å². The van der Waals surface area contributed by atoms with Crippen LogP contribution < -0.4 is 0 Å². The van der Waals surface area contributed by atoms with Crippen molar-refractivity contribution in [3.63, 3.8) is 0 Å². The van der Waals surface area contributed by atoms with Crippen LogP contribution in [0.3, 0.4) is 0 Å². The van der Waals surface area contributed by atoms with E-state index in [4.69, 9.17) is 9.72 Å². The highest BCUT2D eigenvalue weighted by Gasteiger charge is 2.50. The lowest BCUT2D eigenvalue weighted by Crippen LogP contribution is -2.59. The number of ether oxygens (including phenoxy) is 1. The van der Waals surface area contributed by atoms with Crippen molar-refractivity contribution in [2.24, 2.45) is 5.92 Å². The van der Waals surface area contributed by atoms with Crippen LogP contribution in [0.2, 0.25) is 0 Å². The third-order valence-electron chi connectivity index (χ3n) is 4.79. The van der Waals surface area contributed by atoms with E-state index >= 15 is 0 Å². The molecule has 1 aromatic rings. The zero-order chi connectivity index (χ0) is 13.7. The molecule has 0 atom stereocenters. The number of rotatable bonds is 4. The minimum Gasteiger partial charge on any atom is -0.361 e. The first kappa shape index (κ1) is 12.7. The van der Waals surface area contributed by atoms with Gasteiger partial charge in [0, 0.05) is 30.8 Å². The molecular weight excluding hydrogens is 250 g/mol. The minimum absolute atomic E-state index is 0.0889. The highest BCUT2D eigenvalue weighted by atomic mass is 16.5. The summed E-state index contributed by atoms with van der Waals surface area (Å²) >= 11 is 0. The molecule has 0 bridgehead atoms. The summed E-state index contributed by atoms with van der Waals surface area (Å²) in [5.74, 6) is 2.44. The van der Waals surface area contributed by atoms with Gasteiger partial charge in [-0.15, -0.1) is 0 Å². The number of nitrogens with zero attached hydrogens (tertiary/aromatic N) is 3. The normalized spacial score (nSPS) is 24.1. The van der Waals surface area contributed by atoms with Crippen molar-refractivity contribution < 1.29 is 4.74 Å². The zero-order valence-corrected chi connectivity index (χ0v) is 12.4. The highest BCUT2D eigenvalue weighted by molar-refractivity contribution is 5.33. The molecule has 0 radical (unpaired) electrons. The van der Waals surface area contributed by atoms with Gasteiger partial charge in [-0.2, -0.15) is 0 Å². The van der Waals surface area contributed by atoms with Gasteiger partial charge in [-0.05, 0) is 31.7 Å². The number of fused-ring (bicyclic) bond motifs is 2. The van der Waals surface area contributed by atoms with Crippen molar-refractivity contribution in [1.82, 2.24) is 14.9 Å². The Kier molecular flexibility index (Phi) is 2.86. The SMILES string of the molecule is CC(C)CCN1CC2(C1)OCc1nc(C3CC3)ncc12. The maximum atomic E-state index is 6.09. The summed E-state index contributed by atoms with van der Waals surface area (Å²) in [6.45, 7) is 8.45. The highest BCUT2D eigenvalue weighted by Crippen LogP contribution is 2.44. The largest absolute Gasteiger partial charge is 0.361 e. The van der Waals surface area contributed by atoms with Gasteiger partial charge in [0.25, 0.3) is 0 Å². The van der Waals surface area contributed by atoms with Gasteiger partial charge in [-0.3, -0.25) is 4.90 Å². The third-order valence-corrected chi connectivity index (χ3v) is 4.79. The summed E-state index contributed by atoms with van der Waals surface area (Å²) in [6.07, 6.45) is 5.82. The van der Waals surface area contributed by atoms with Crippen molar-refractivity contribution in [3.05, 3.63) is 23.3 Å². The molecule has 3 aliphatic rings. The number of aromatic nitrogens is 2. The summed E-state index contributed by atoms with van der Waals surface area (Å²) in [7, 11) is 0. The first-order valence-corrected chi connectivity index (χ1v) is 7.89. The van der Waals surface area contributed by atoms with Crippen LogP contribution in [0.15, 0.2) is 6.20 Å². The number of hydrogen-bond acceptors (Lipinski definition) is 4. The van der Waals surface area contributed by atoms with Gasteiger partial charge < -0.3 is 4.74 Å². The fraction of sp³-hybridized carbons (Fsp3) is 0.750. The third kappa shape index (κ3) is 2.06. The molecule has 0 unspecified atom stereocenters. The Labute approximate surface area is 120 Å². The van der Waals surface area contributed by atoms with Crippen LogP contribution in [0.25, 0.3) is 0 Å². The first-order valence-electron chi connectivity index (χ1n) is 7.89. The quantitative estimate of drug-likeness (QED) is 0.844. The van der Waals surface area contributed by atoms with E-state index in [1.165, 1.54) is 31.4 Å². The van der Waals surface area contributed by atoms with Crippen LogP contribution in [0.1, 0.15) is 56.1 Å². The van der Waals surface area contributed by atoms with E-state index in [9.17, 15) is 0 Å². The second-order valence-corrected chi connectivity index (χ2v) is 7.04. The lowest BCUT2D eigenvalue weighted by molar-refractivity contribution is -0.142. The average Bonchev–Trinajstić information content (AvgIpc) is 3.16. The first-order chi connectivity index (χ1) is 9.66. The van der Waals surface area contributed by atoms with Crippen LogP contribution in [0.4, 0.5) is 0 Å². The summed E-state index contributed by atoms with van der Waals surface area (Å²) < 4.78 is 6.09. The smallest absolute Gasteiger partial charge is 0.131 e. The molecule has 3 heterocycles. The Balaban J connectivity index is 1.46. The average molecular weight is 273 g/mol. The Bertz CT molecular complexity index is 518. The molecule has 0 amide bonds. The van der Waals surface area contributed by atoms with Gasteiger partial charge in [-0.25, -0.2) is 9.97 Å². The minimum atomic E-state index is -0.0889. The van der Waals surface area contributed by atoms with Crippen LogP contribution in [0.5, 0.6) is 0 Å². The maximum absolute atomic E-state index is 6.09. The molecule has 1 saturated carbocycles. The Morgan fingerprint density at radius 1 is 1.40 bits per heavy atom. The molecule has 2 fully saturated rings. The van der Waals surface area contributed by atoms with Gasteiger partial charge in [0.1, 0.15) is 11.4 Å². The molecule has 1 aliphatic carbocycles. The van der Waals surface area contributed by atoms with E-state index < -0.39 is 0 Å². The van der Waals surface area contributed by atoms with Crippen molar-refractivity contribution in [2.75, 3.05) is 19.6 Å². The Hall–Kier alpha value is -1.00. The molecular formula is C16H23N3O. The van der Waals surface area contributed by atoms with E-state index in [1.54, 1.807) is 0 Å². The molecule has 1 spiro atoms. The molecule has 4 nitrogen and oxygen atoms in total. The van der Waals surface area contributed by atoms with E-state index in [-0.39, 0.29) is 5.60 Å². The predicted octanol–water partition coefficient (Wildman–Crippen LogP) is 2.44. The summed E-state index contributed by atoms with van der Waals surface area (Å²) in [5, 5.41) is 0. The van der Waals surface area contributed by atoms with E-state index in [0.717, 1.165) is 30.5 Å². The lowest BCUT2D eigenvalue weighted by atomic mass is 9.87. The Morgan fingerprint density at radius 2 is 2.20 bits per heavy atom. The standard InChI is InChI=1S/C16H23N3O/c1-11(2)5-6-19-9-16(10-19)13-7-17-15(12-3-4-12)18-14(13)8-20-16/h7,11-12H,3-6,8-10H2,1-2H3. The molecule has 1 aromatic heterocycles. The second-order valence-electron chi connectivity index (χ2n) is 7.04. The fourth-order valence-corrected chi connectivity index (χ4v) is 3.28. The van der Waals surface area contributed by atoms with Crippen molar-refractivity contribution in [1.29, 1.82) is 0 Å². The second kappa shape index (κ2) is 4.50. The number of hydrogen-bond donors (Lipinski definition) is 0. The zero-order valence-electron chi connectivity index (χ0n) is 12.4. The topological polar surface area (TPSA) is 38.2 Å². The lowest BCUT2D eigenvalue weighted by Gasteiger charge is -2.47. The van der Waals surface area contributed by atoms with E-state index in [2.05, 4.69) is 23.7 Å². The summed E-state index contributed by atoms with van der Waals surface area (Å²) in [4.78, 5) is 11.8. The van der Waals surface area contributed by atoms with Crippen LogP contribution in [-0.4, -0.2) is 34.5 Å². The van der Waals surface area contributed by atoms with Gasteiger partial charge in [0.15, 0.2) is 0 Å². The fourth-order valence-electron chi connectivity index (χ4n) is 3.28. The molecule has 20 heavy (non-hydrogen) atoms. The van der Waals surface area contributed by atoms with Crippen LogP contribution in [0, 0.1) is 5.92 Å². The summed E-state index contributed by atoms with van der Waals surface area (Å²) in [5.41, 5.74) is 2.31. The van der Waals surface area contributed by atoms with Crippen LogP contribution in [-0.2, 0) is 16.9 Å². The van der Waals surface area contributed by atoms with E-state index in [0.29, 0.717) is 12.5 Å². The van der Waals surface area contributed by atoms with Crippen molar-refractivity contribution in [2.45, 2.75) is 51.2 Å². The molecule has 108 valence electrons. The predicted molar refractivity (Wildman–Crippen MR) is 76.4 cm³/mol. The number of likely N-dealkylation sites (tertiary alicyclic amines) is 1. The van der Waals surface area contributed by atoms with Gasteiger partial charge >= 0.3 is 0 Å². The molecule has 4 heteroatoms. The van der Waals surface area contributed by atoms with Crippen molar-refractivity contribution in [3.8, 4) is 0 Å². The molecule has 2 aliphatic heterocycles. The monoisotopic (exact) mass is 273 g/mol. The molecule has 0 N–H and O–H groups in total.